The highest BCUT2D eigenvalue weighted by atomic mass is 19.4. The van der Waals surface area contributed by atoms with E-state index < -0.39 is 11.9 Å². The third-order valence-electron chi connectivity index (χ3n) is 2.99. The number of rotatable bonds is 4. The molecule has 2 rings (SSSR count). The number of nitrogens with zero attached hydrogens (tertiary/aromatic N) is 2. The Morgan fingerprint density at radius 1 is 1.56 bits per heavy atom. The van der Waals surface area contributed by atoms with Gasteiger partial charge in [-0.25, -0.2) is 0 Å². The summed E-state index contributed by atoms with van der Waals surface area (Å²) in [4.78, 5) is 0. The molecule has 1 aliphatic heterocycles. The molecule has 1 unspecified atom stereocenters. The Morgan fingerprint density at radius 3 is 2.94 bits per heavy atom. The van der Waals surface area contributed by atoms with Gasteiger partial charge in [-0.2, -0.15) is 18.3 Å². The van der Waals surface area contributed by atoms with Crippen LogP contribution in [-0.2, 0) is 24.5 Å². The van der Waals surface area contributed by atoms with Crippen molar-refractivity contribution >= 4 is 0 Å². The third kappa shape index (κ3) is 3.02. The standard InChI is InChI=1S/C11H16F3N3O/c1-17-10(11(12,13)14)8(6-16-17)5-15-7-9-3-2-4-18-9/h6,9,15H,2-5,7H2,1H3. The normalized spacial score (nSPS) is 20.6. The van der Waals surface area contributed by atoms with Crippen molar-refractivity contribution in [2.75, 3.05) is 13.2 Å². The van der Waals surface area contributed by atoms with Crippen molar-refractivity contribution in [1.29, 1.82) is 0 Å². The Kier molecular flexibility index (Phi) is 3.91. The second-order valence-corrected chi connectivity index (χ2v) is 4.41. The van der Waals surface area contributed by atoms with E-state index >= 15 is 0 Å². The highest BCUT2D eigenvalue weighted by Crippen LogP contribution is 2.31. The number of alkyl halides is 3. The summed E-state index contributed by atoms with van der Waals surface area (Å²) >= 11 is 0. The summed E-state index contributed by atoms with van der Waals surface area (Å²) < 4.78 is 44.5. The highest BCUT2D eigenvalue weighted by molar-refractivity contribution is 5.20. The van der Waals surface area contributed by atoms with Crippen molar-refractivity contribution in [2.45, 2.75) is 31.7 Å². The zero-order valence-electron chi connectivity index (χ0n) is 10.1. The molecule has 7 heteroatoms. The maximum atomic E-state index is 12.8. The predicted molar refractivity (Wildman–Crippen MR) is 58.9 cm³/mol. The monoisotopic (exact) mass is 263 g/mol. The average Bonchev–Trinajstić information content (AvgIpc) is 2.87. The van der Waals surface area contributed by atoms with Crippen molar-refractivity contribution in [3.8, 4) is 0 Å². The molecule has 18 heavy (non-hydrogen) atoms. The van der Waals surface area contributed by atoms with E-state index in [1.807, 2.05) is 0 Å². The van der Waals surface area contributed by atoms with Gasteiger partial charge in [-0.05, 0) is 12.8 Å². The van der Waals surface area contributed by atoms with E-state index in [1.54, 1.807) is 0 Å². The lowest BCUT2D eigenvalue weighted by atomic mass is 10.2. The van der Waals surface area contributed by atoms with Crippen molar-refractivity contribution in [3.63, 3.8) is 0 Å². The molecule has 102 valence electrons. The van der Waals surface area contributed by atoms with Crippen LogP contribution in [0.5, 0.6) is 0 Å². The van der Waals surface area contributed by atoms with Crippen LogP contribution in [0, 0.1) is 0 Å². The number of aromatic nitrogens is 2. The van der Waals surface area contributed by atoms with Crippen LogP contribution in [0.2, 0.25) is 0 Å². The van der Waals surface area contributed by atoms with E-state index in [9.17, 15) is 13.2 Å². The van der Waals surface area contributed by atoms with Crippen LogP contribution < -0.4 is 5.32 Å². The number of halogens is 3. The van der Waals surface area contributed by atoms with Gasteiger partial charge in [0.1, 0.15) is 5.69 Å². The fourth-order valence-electron chi connectivity index (χ4n) is 2.15. The molecule has 1 aliphatic rings. The van der Waals surface area contributed by atoms with Gasteiger partial charge >= 0.3 is 6.18 Å². The summed E-state index contributed by atoms with van der Waals surface area (Å²) in [7, 11) is 1.30. The number of nitrogens with one attached hydrogen (secondary N) is 1. The van der Waals surface area contributed by atoms with Crippen molar-refractivity contribution in [3.05, 3.63) is 17.5 Å². The highest BCUT2D eigenvalue weighted by Gasteiger charge is 2.37. The van der Waals surface area contributed by atoms with Gasteiger partial charge in [0, 0.05) is 32.3 Å². The summed E-state index contributed by atoms with van der Waals surface area (Å²) in [6.45, 7) is 1.47. The summed E-state index contributed by atoms with van der Waals surface area (Å²) in [6, 6.07) is 0. The first kappa shape index (κ1) is 13.4. The Labute approximate surface area is 103 Å². The van der Waals surface area contributed by atoms with Gasteiger partial charge in [0.2, 0.25) is 0 Å². The Bertz CT molecular complexity index is 397. The Morgan fingerprint density at radius 2 is 2.33 bits per heavy atom. The minimum atomic E-state index is -4.37. The minimum Gasteiger partial charge on any atom is -0.377 e. The summed E-state index contributed by atoms with van der Waals surface area (Å²) in [5.74, 6) is 0. The quantitative estimate of drug-likeness (QED) is 0.898. The minimum absolute atomic E-state index is 0.121. The third-order valence-corrected chi connectivity index (χ3v) is 2.99. The van der Waals surface area contributed by atoms with E-state index in [2.05, 4.69) is 10.4 Å². The summed E-state index contributed by atoms with van der Waals surface area (Å²) in [5, 5.41) is 6.65. The molecular weight excluding hydrogens is 247 g/mol. The first-order valence-electron chi connectivity index (χ1n) is 5.89. The number of hydrogen-bond donors (Lipinski definition) is 1. The van der Waals surface area contributed by atoms with E-state index in [4.69, 9.17) is 4.74 Å². The maximum Gasteiger partial charge on any atom is 0.433 e. The zero-order chi connectivity index (χ0) is 13.2. The van der Waals surface area contributed by atoms with Crippen molar-refractivity contribution < 1.29 is 17.9 Å². The second kappa shape index (κ2) is 5.27. The first-order valence-corrected chi connectivity index (χ1v) is 5.89. The van der Waals surface area contributed by atoms with Gasteiger partial charge in [-0.3, -0.25) is 4.68 Å². The molecule has 0 aromatic carbocycles. The molecule has 0 radical (unpaired) electrons. The molecule has 0 bridgehead atoms. The maximum absolute atomic E-state index is 12.8. The molecule has 0 amide bonds. The van der Waals surface area contributed by atoms with Crippen LogP contribution in [0.1, 0.15) is 24.1 Å². The molecule has 1 aromatic rings. The Hall–Kier alpha value is -1.08. The molecule has 1 fully saturated rings. The molecular formula is C11H16F3N3O. The van der Waals surface area contributed by atoms with Crippen LogP contribution in [-0.4, -0.2) is 29.0 Å². The van der Waals surface area contributed by atoms with Crippen LogP contribution >= 0.6 is 0 Å². The van der Waals surface area contributed by atoms with Crippen LogP contribution in [0.3, 0.4) is 0 Å². The van der Waals surface area contributed by atoms with E-state index in [0.29, 0.717) is 6.54 Å². The molecule has 1 N–H and O–H groups in total. The van der Waals surface area contributed by atoms with Crippen molar-refractivity contribution in [2.24, 2.45) is 7.05 Å². The molecule has 1 aromatic heterocycles. The molecule has 0 saturated carbocycles. The lowest BCUT2D eigenvalue weighted by molar-refractivity contribution is -0.144. The van der Waals surface area contributed by atoms with E-state index in [0.717, 1.165) is 24.1 Å². The number of aryl methyl sites for hydroxylation is 1. The predicted octanol–water partition coefficient (Wildman–Crippen LogP) is 1.71. The largest absolute Gasteiger partial charge is 0.433 e. The lowest BCUT2D eigenvalue weighted by Gasteiger charge is -2.12. The molecule has 0 aliphatic carbocycles. The summed E-state index contributed by atoms with van der Waals surface area (Å²) in [5.41, 5.74) is -0.523. The van der Waals surface area contributed by atoms with Crippen LogP contribution in [0.25, 0.3) is 0 Å². The fraction of sp³-hybridized carbons (Fsp3) is 0.727. The molecule has 1 atom stereocenters. The molecule has 1 saturated heterocycles. The van der Waals surface area contributed by atoms with Gasteiger partial charge in [-0.15, -0.1) is 0 Å². The SMILES string of the molecule is Cn1ncc(CNCC2CCCO2)c1C(F)(F)F. The van der Waals surface area contributed by atoms with Gasteiger partial charge in [0.15, 0.2) is 0 Å². The topological polar surface area (TPSA) is 39.1 Å². The fourth-order valence-corrected chi connectivity index (χ4v) is 2.15. The number of ether oxygens (including phenoxy) is 1. The van der Waals surface area contributed by atoms with E-state index in [1.165, 1.54) is 13.2 Å². The van der Waals surface area contributed by atoms with Gasteiger partial charge in [-0.1, -0.05) is 0 Å². The zero-order valence-corrected chi connectivity index (χ0v) is 10.1. The molecule has 0 spiro atoms. The van der Waals surface area contributed by atoms with Crippen molar-refractivity contribution in [1.82, 2.24) is 15.1 Å². The van der Waals surface area contributed by atoms with Gasteiger partial charge in [0.05, 0.1) is 12.3 Å². The first-order chi connectivity index (χ1) is 8.48. The van der Waals surface area contributed by atoms with Crippen LogP contribution in [0.15, 0.2) is 6.20 Å². The van der Waals surface area contributed by atoms with Gasteiger partial charge < -0.3 is 10.1 Å². The van der Waals surface area contributed by atoms with Crippen LogP contribution in [0.4, 0.5) is 13.2 Å². The molecule has 4 nitrogen and oxygen atoms in total. The smallest absolute Gasteiger partial charge is 0.377 e. The Balaban J connectivity index is 1.93. The van der Waals surface area contributed by atoms with Gasteiger partial charge in [0.25, 0.3) is 0 Å². The van der Waals surface area contributed by atoms with E-state index in [-0.39, 0.29) is 18.2 Å². The number of hydrogen-bond acceptors (Lipinski definition) is 3. The second-order valence-electron chi connectivity index (χ2n) is 4.41. The molecule has 2 heterocycles. The lowest BCUT2D eigenvalue weighted by Crippen LogP contribution is -2.27. The summed E-state index contributed by atoms with van der Waals surface area (Å²) in [6.07, 6.45) is -1.01. The average molecular weight is 263 g/mol.